The average Bonchev–Trinajstić information content (AvgIpc) is 2.68. The van der Waals surface area contributed by atoms with Crippen molar-refractivity contribution < 1.29 is 4.74 Å². The van der Waals surface area contributed by atoms with Crippen LogP contribution in [0, 0.1) is 17.2 Å². The third kappa shape index (κ3) is 3.43. The van der Waals surface area contributed by atoms with Gasteiger partial charge >= 0.3 is 0 Å². The summed E-state index contributed by atoms with van der Waals surface area (Å²) in [6.45, 7) is 0. The minimum Gasteiger partial charge on any atom is -0.381 e. The Bertz CT molecular complexity index is 274. The maximum atomic E-state index is 9.24. The van der Waals surface area contributed by atoms with Crippen LogP contribution in [0.25, 0.3) is 0 Å². The molecule has 0 amide bonds. The van der Waals surface area contributed by atoms with Gasteiger partial charge in [0, 0.05) is 19.2 Å². The summed E-state index contributed by atoms with van der Waals surface area (Å²) in [6, 6.07) is 3.49. The summed E-state index contributed by atoms with van der Waals surface area (Å²) in [5, 5.41) is 13.0. The number of nitrogens with zero attached hydrogens (tertiary/aromatic N) is 1. The van der Waals surface area contributed by atoms with E-state index in [1.54, 1.807) is 7.11 Å². The fourth-order valence-corrected chi connectivity index (χ4v) is 3.27. The molecule has 17 heavy (non-hydrogen) atoms. The number of hydrogen-bond donors (Lipinski definition) is 1. The third-order valence-electron chi connectivity index (χ3n) is 4.35. The zero-order valence-electron chi connectivity index (χ0n) is 10.8. The molecule has 0 bridgehead atoms. The van der Waals surface area contributed by atoms with Crippen LogP contribution in [0.1, 0.15) is 51.4 Å². The van der Waals surface area contributed by atoms with E-state index < -0.39 is 0 Å². The molecule has 0 aliphatic heterocycles. The van der Waals surface area contributed by atoms with Gasteiger partial charge in [0.15, 0.2) is 0 Å². The number of nitrogens with one attached hydrogen (secondary N) is 1. The lowest BCUT2D eigenvalue weighted by Crippen LogP contribution is -2.41. The van der Waals surface area contributed by atoms with Gasteiger partial charge in [-0.25, -0.2) is 0 Å². The topological polar surface area (TPSA) is 45.0 Å². The highest BCUT2D eigenvalue weighted by Gasteiger charge is 2.30. The van der Waals surface area contributed by atoms with Gasteiger partial charge in [0.2, 0.25) is 0 Å². The number of hydrogen-bond acceptors (Lipinski definition) is 3. The molecule has 3 heteroatoms. The van der Waals surface area contributed by atoms with Crippen LogP contribution in [0.3, 0.4) is 0 Å². The number of methoxy groups -OCH3 is 1. The van der Waals surface area contributed by atoms with Crippen LogP contribution in [0.15, 0.2) is 0 Å². The number of ether oxygens (including phenoxy) is 1. The summed E-state index contributed by atoms with van der Waals surface area (Å²) in [6.07, 6.45) is 9.95. The van der Waals surface area contributed by atoms with Crippen molar-refractivity contribution in [2.75, 3.05) is 7.11 Å². The van der Waals surface area contributed by atoms with Gasteiger partial charge < -0.3 is 10.1 Å². The van der Waals surface area contributed by atoms with E-state index in [0.29, 0.717) is 18.2 Å². The molecule has 2 saturated carbocycles. The van der Waals surface area contributed by atoms with Crippen LogP contribution in [0.2, 0.25) is 0 Å². The highest BCUT2D eigenvalue weighted by atomic mass is 16.5. The maximum Gasteiger partial charge on any atom is 0.0672 e. The first-order chi connectivity index (χ1) is 8.33. The Morgan fingerprint density at radius 3 is 2.65 bits per heavy atom. The van der Waals surface area contributed by atoms with E-state index in [1.165, 1.54) is 32.1 Å². The first kappa shape index (κ1) is 12.9. The standard InChI is InChI=1S/C14H24N2O/c1-17-13-8-7-12(9-13)16-14-6-4-2-3-5-11(14)10-15/h11-14,16H,2-9H2,1H3. The molecule has 2 rings (SSSR count). The predicted octanol–water partition coefficient (Wildman–Crippen LogP) is 2.62. The summed E-state index contributed by atoms with van der Waals surface area (Å²) in [7, 11) is 1.80. The lowest BCUT2D eigenvalue weighted by Gasteiger charge is -2.25. The van der Waals surface area contributed by atoms with Crippen molar-refractivity contribution in [1.29, 1.82) is 5.26 Å². The second kappa shape index (κ2) is 6.37. The van der Waals surface area contributed by atoms with Crippen molar-refractivity contribution in [3.63, 3.8) is 0 Å². The van der Waals surface area contributed by atoms with E-state index >= 15 is 0 Å². The molecule has 2 aliphatic rings. The van der Waals surface area contributed by atoms with E-state index in [-0.39, 0.29) is 5.92 Å². The van der Waals surface area contributed by atoms with Gasteiger partial charge in [0.25, 0.3) is 0 Å². The monoisotopic (exact) mass is 236 g/mol. The van der Waals surface area contributed by atoms with Crippen LogP contribution in [0.5, 0.6) is 0 Å². The molecule has 4 atom stereocenters. The molecule has 0 radical (unpaired) electrons. The summed E-state index contributed by atoms with van der Waals surface area (Å²) in [4.78, 5) is 0. The van der Waals surface area contributed by atoms with E-state index in [2.05, 4.69) is 11.4 Å². The lowest BCUT2D eigenvalue weighted by atomic mass is 9.95. The fourth-order valence-electron chi connectivity index (χ4n) is 3.27. The Hall–Kier alpha value is -0.590. The molecular formula is C14H24N2O. The lowest BCUT2D eigenvalue weighted by molar-refractivity contribution is 0.106. The van der Waals surface area contributed by atoms with Crippen molar-refractivity contribution in [2.24, 2.45) is 5.92 Å². The Labute approximate surface area is 105 Å². The Kier molecular flexibility index (Phi) is 4.82. The van der Waals surface area contributed by atoms with Gasteiger partial charge in [-0.05, 0) is 32.1 Å². The Balaban J connectivity index is 1.86. The van der Waals surface area contributed by atoms with Gasteiger partial charge in [-0.3, -0.25) is 0 Å². The van der Waals surface area contributed by atoms with Gasteiger partial charge in [-0.15, -0.1) is 0 Å². The first-order valence-electron chi connectivity index (χ1n) is 7.02. The molecule has 2 aliphatic carbocycles. The average molecular weight is 236 g/mol. The highest BCUT2D eigenvalue weighted by molar-refractivity contribution is 4.96. The van der Waals surface area contributed by atoms with Crippen LogP contribution in [-0.4, -0.2) is 25.3 Å². The van der Waals surface area contributed by atoms with Crippen molar-refractivity contribution in [1.82, 2.24) is 5.32 Å². The smallest absolute Gasteiger partial charge is 0.0672 e. The largest absolute Gasteiger partial charge is 0.381 e. The van der Waals surface area contributed by atoms with Crippen LogP contribution < -0.4 is 5.32 Å². The van der Waals surface area contributed by atoms with Crippen molar-refractivity contribution >= 4 is 0 Å². The first-order valence-corrected chi connectivity index (χ1v) is 7.02. The molecule has 0 saturated heterocycles. The Morgan fingerprint density at radius 2 is 1.94 bits per heavy atom. The van der Waals surface area contributed by atoms with E-state index in [9.17, 15) is 5.26 Å². The number of nitriles is 1. The van der Waals surface area contributed by atoms with Gasteiger partial charge in [0.1, 0.15) is 0 Å². The van der Waals surface area contributed by atoms with Crippen LogP contribution >= 0.6 is 0 Å². The summed E-state index contributed by atoms with van der Waals surface area (Å²) < 4.78 is 5.40. The quantitative estimate of drug-likeness (QED) is 0.766. The molecule has 0 heterocycles. The van der Waals surface area contributed by atoms with Crippen LogP contribution in [-0.2, 0) is 4.74 Å². The summed E-state index contributed by atoms with van der Waals surface area (Å²) in [5.41, 5.74) is 0. The highest BCUT2D eigenvalue weighted by Crippen LogP contribution is 2.27. The van der Waals surface area contributed by atoms with E-state index in [4.69, 9.17) is 4.74 Å². The molecule has 2 fully saturated rings. The molecule has 0 aromatic heterocycles. The SMILES string of the molecule is COC1CCC(NC2CCCCCC2C#N)C1. The number of rotatable bonds is 3. The second-order valence-corrected chi connectivity index (χ2v) is 5.51. The fraction of sp³-hybridized carbons (Fsp3) is 0.929. The van der Waals surface area contributed by atoms with E-state index in [1.807, 2.05) is 0 Å². The Morgan fingerprint density at radius 1 is 1.12 bits per heavy atom. The normalized spacial score (nSPS) is 38.6. The summed E-state index contributed by atoms with van der Waals surface area (Å²) in [5.74, 6) is 0.221. The molecule has 3 nitrogen and oxygen atoms in total. The molecule has 1 N–H and O–H groups in total. The van der Waals surface area contributed by atoms with Gasteiger partial charge in [-0.1, -0.05) is 19.3 Å². The summed E-state index contributed by atoms with van der Waals surface area (Å²) >= 11 is 0. The maximum absolute atomic E-state index is 9.24. The molecule has 4 unspecified atom stereocenters. The van der Waals surface area contributed by atoms with Gasteiger partial charge in [-0.2, -0.15) is 5.26 Å². The van der Waals surface area contributed by atoms with Gasteiger partial charge in [0.05, 0.1) is 18.1 Å². The van der Waals surface area contributed by atoms with Crippen molar-refractivity contribution in [3.8, 4) is 6.07 Å². The molecule has 0 aromatic carbocycles. The zero-order valence-corrected chi connectivity index (χ0v) is 10.8. The van der Waals surface area contributed by atoms with Crippen LogP contribution in [0.4, 0.5) is 0 Å². The molecular weight excluding hydrogens is 212 g/mol. The zero-order chi connectivity index (χ0) is 12.1. The molecule has 96 valence electrons. The second-order valence-electron chi connectivity index (χ2n) is 5.51. The molecule has 0 spiro atoms. The predicted molar refractivity (Wildman–Crippen MR) is 67.5 cm³/mol. The van der Waals surface area contributed by atoms with Crippen molar-refractivity contribution in [3.05, 3.63) is 0 Å². The third-order valence-corrected chi connectivity index (χ3v) is 4.35. The minimum absolute atomic E-state index is 0.221. The molecule has 0 aromatic rings. The van der Waals surface area contributed by atoms with E-state index in [0.717, 1.165) is 19.3 Å². The van der Waals surface area contributed by atoms with Crippen molar-refractivity contribution in [2.45, 2.75) is 69.6 Å². The minimum atomic E-state index is 0.221.